The van der Waals surface area contributed by atoms with Crippen molar-refractivity contribution in [2.75, 3.05) is 0 Å². The lowest BCUT2D eigenvalue weighted by Gasteiger charge is -2.27. The van der Waals surface area contributed by atoms with Gasteiger partial charge in [-0.05, 0) is 24.3 Å². The van der Waals surface area contributed by atoms with E-state index >= 15 is 0 Å². The minimum Gasteiger partial charge on any atom is -0.609 e. The second kappa shape index (κ2) is 2.88. The molecule has 0 radical (unpaired) electrons. The van der Waals surface area contributed by atoms with E-state index in [1.54, 1.807) is 0 Å². The van der Waals surface area contributed by atoms with Crippen molar-refractivity contribution in [1.29, 1.82) is 0 Å². The van der Waals surface area contributed by atoms with Crippen LogP contribution in [0.3, 0.4) is 0 Å². The molecule has 0 aromatic heterocycles. The van der Waals surface area contributed by atoms with Gasteiger partial charge in [0.2, 0.25) is 0 Å². The fraction of sp³-hybridized carbons (Fsp3) is 0. The molecule has 0 fully saturated rings. The van der Waals surface area contributed by atoms with Crippen LogP contribution in [0.2, 0.25) is 0 Å². The zero-order valence-electron chi connectivity index (χ0n) is 8.83. The number of fused-ring (bicyclic) bond motifs is 2. The molecular weight excluding hydrogens is 219 g/mol. The summed E-state index contributed by atoms with van der Waals surface area (Å²) >= 11 is 0. The molecule has 0 unspecified atom stereocenters. The topological polar surface area (TPSA) is 36.9 Å². The van der Waals surface area contributed by atoms with Gasteiger partial charge in [0.25, 0.3) is 0 Å². The van der Waals surface area contributed by atoms with E-state index in [1.165, 1.54) is 0 Å². The SMILES string of the molecule is c1ccc2c(c1)O[B-]1(O2)Oc2ccccc2O1. The molecule has 2 aliphatic rings. The van der Waals surface area contributed by atoms with Crippen LogP contribution in [0.4, 0.5) is 0 Å². The highest BCUT2D eigenvalue weighted by molar-refractivity contribution is 6.59. The van der Waals surface area contributed by atoms with Gasteiger partial charge in [-0.1, -0.05) is 24.3 Å². The smallest absolute Gasteiger partial charge is 0.609 e. The van der Waals surface area contributed by atoms with Gasteiger partial charge in [0, 0.05) is 0 Å². The molecule has 2 aromatic carbocycles. The predicted molar refractivity (Wildman–Crippen MR) is 61.2 cm³/mol. The van der Waals surface area contributed by atoms with Crippen LogP contribution >= 0.6 is 0 Å². The van der Waals surface area contributed by atoms with Gasteiger partial charge in [-0.25, -0.2) is 0 Å². The van der Waals surface area contributed by atoms with Crippen molar-refractivity contribution in [3.63, 3.8) is 0 Å². The summed E-state index contributed by atoms with van der Waals surface area (Å²) in [6.45, 7) is -2.21. The quantitative estimate of drug-likeness (QED) is 0.647. The molecule has 4 rings (SSSR count). The van der Waals surface area contributed by atoms with Gasteiger partial charge in [0.15, 0.2) is 0 Å². The minimum atomic E-state index is -2.21. The van der Waals surface area contributed by atoms with E-state index in [0.29, 0.717) is 23.0 Å². The molecule has 1 spiro atoms. The molecule has 0 N–H and O–H groups in total. The standard InChI is InChI=1S/C12H8BO4/c1-2-6-10-9(5-1)14-13(15-10)16-11-7-3-4-8-12(11)17-13/h1-8H/q-1. The number of hydrogen-bond donors (Lipinski definition) is 0. The molecule has 17 heavy (non-hydrogen) atoms. The Balaban J connectivity index is 1.72. The summed E-state index contributed by atoms with van der Waals surface area (Å²) in [6.07, 6.45) is 0. The van der Waals surface area contributed by atoms with E-state index in [4.69, 9.17) is 18.6 Å². The van der Waals surface area contributed by atoms with Crippen molar-refractivity contribution >= 4 is 6.96 Å². The summed E-state index contributed by atoms with van der Waals surface area (Å²) in [5.41, 5.74) is 0. The minimum absolute atomic E-state index is 0.639. The first-order chi connectivity index (χ1) is 8.35. The van der Waals surface area contributed by atoms with Gasteiger partial charge in [0.05, 0.1) is 0 Å². The Morgan fingerprint density at radius 2 is 0.824 bits per heavy atom. The second-order valence-corrected chi connectivity index (χ2v) is 3.94. The number of para-hydroxylation sites is 4. The summed E-state index contributed by atoms with van der Waals surface area (Å²) < 4.78 is 22.5. The van der Waals surface area contributed by atoms with Gasteiger partial charge in [-0.2, -0.15) is 0 Å². The molecule has 0 bridgehead atoms. The van der Waals surface area contributed by atoms with Gasteiger partial charge < -0.3 is 18.6 Å². The number of hydrogen-bond acceptors (Lipinski definition) is 4. The molecule has 2 heterocycles. The fourth-order valence-corrected chi connectivity index (χ4v) is 2.06. The largest absolute Gasteiger partial charge is 0.777 e. The first kappa shape index (κ1) is 8.81. The molecule has 0 saturated heterocycles. The summed E-state index contributed by atoms with van der Waals surface area (Å²) in [4.78, 5) is 0. The highest BCUT2D eigenvalue weighted by atomic mass is 16.9. The van der Waals surface area contributed by atoms with Crippen LogP contribution < -0.4 is 18.6 Å². The van der Waals surface area contributed by atoms with Crippen LogP contribution in [0, 0.1) is 0 Å². The van der Waals surface area contributed by atoms with Crippen LogP contribution in [0.1, 0.15) is 0 Å². The van der Waals surface area contributed by atoms with Gasteiger partial charge in [-0.3, -0.25) is 0 Å². The second-order valence-electron chi connectivity index (χ2n) is 3.94. The number of rotatable bonds is 0. The third kappa shape index (κ3) is 1.19. The Bertz CT molecular complexity index is 492. The summed E-state index contributed by atoms with van der Waals surface area (Å²) in [7, 11) is 0. The summed E-state index contributed by atoms with van der Waals surface area (Å²) in [5.74, 6) is 2.56. The van der Waals surface area contributed by atoms with Crippen LogP contribution in [-0.4, -0.2) is 6.96 Å². The average Bonchev–Trinajstić information content (AvgIpc) is 2.87. The lowest BCUT2D eigenvalue weighted by molar-refractivity contribution is 0.224. The normalized spacial score (nSPS) is 17.4. The molecule has 4 nitrogen and oxygen atoms in total. The van der Waals surface area contributed by atoms with E-state index in [1.807, 2.05) is 48.5 Å². The van der Waals surface area contributed by atoms with Crippen LogP contribution in [0.15, 0.2) is 48.5 Å². The summed E-state index contributed by atoms with van der Waals surface area (Å²) in [6, 6.07) is 14.8. The zero-order valence-corrected chi connectivity index (χ0v) is 8.83. The van der Waals surface area contributed by atoms with Gasteiger partial charge >= 0.3 is 6.96 Å². The van der Waals surface area contributed by atoms with Crippen molar-refractivity contribution in [2.45, 2.75) is 0 Å². The molecule has 84 valence electrons. The van der Waals surface area contributed by atoms with Crippen molar-refractivity contribution in [2.24, 2.45) is 0 Å². The van der Waals surface area contributed by atoms with E-state index in [9.17, 15) is 0 Å². The molecule has 0 aliphatic carbocycles. The van der Waals surface area contributed by atoms with E-state index < -0.39 is 6.96 Å². The lowest BCUT2D eigenvalue weighted by Crippen LogP contribution is -2.54. The molecule has 0 amide bonds. The highest BCUT2D eigenvalue weighted by Crippen LogP contribution is 2.44. The molecule has 5 heteroatoms. The maximum Gasteiger partial charge on any atom is 0.777 e. The molecule has 0 saturated carbocycles. The maximum atomic E-state index is 5.63. The molecule has 2 aromatic rings. The van der Waals surface area contributed by atoms with Gasteiger partial charge in [-0.15, -0.1) is 0 Å². The van der Waals surface area contributed by atoms with E-state index in [0.717, 1.165) is 0 Å². The first-order valence-corrected chi connectivity index (χ1v) is 5.41. The Morgan fingerprint density at radius 3 is 1.12 bits per heavy atom. The third-order valence-electron chi connectivity index (χ3n) is 2.78. The molecular formula is C12H8BO4-. The third-order valence-corrected chi connectivity index (χ3v) is 2.78. The average molecular weight is 227 g/mol. The van der Waals surface area contributed by atoms with E-state index in [2.05, 4.69) is 0 Å². The van der Waals surface area contributed by atoms with Crippen molar-refractivity contribution in [3.8, 4) is 23.0 Å². The Morgan fingerprint density at radius 1 is 0.529 bits per heavy atom. The van der Waals surface area contributed by atoms with Crippen LogP contribution in [-0.2, 0) is 0 Å². The zero-order chi connectivity index (χ0) is 11.3. The van der Waals surface area contributed by atoms with Crippen LogP contribution in [0.5, 0.6) is 23.0 Å². The van der Waals surface area contributed by atoms with Crippen LogP contribution in [0.25, 0.3) is 0 Å². The van der Waals surface area contributed by atoms with Gasteiger partial charge in [0.1, 0.15) is 23.0 Å². The van der Waals surface area contributed by atoms with Crippen molar-refractivity contribution < 1.29 is 18.6 Å². The monoisotopic (exact) mass is 227 g/mol. The molecule has 2 aliphatic heterocycles. The Labute approximate surface area is 97.7 Å². The fourth-order valence-electron chi connectivity index (χ4n) is 2.06. The van der Waals surface area contributed by atoms with E-state index in [-0.39, 0.29) is 0 Å². The Kier molecular flexibility index (Phi) is 1.49. The van der Waals surface area contributed by atoms with Crippen molar-refractivity contribution in [1.82, 2.24) is 0 Å². The Hall–Kier alpha value is -2.30. The maximum absolute atomic E-state index is 5.63. The summed E-state index contributed by atoms with van der Waals surface area (Å²) in [5, 5.41) is 0. The highest BCUT2D eigenvalue weighted by Gasteiger charge is 2.51. The van der Waals surface area contributed by atoms with Crippen molar-refractivity contribution in [3.05, 3.63) is 48.5 Å². The molecule has 0 atom stereocenters. The lowest BCUT2D eigenvalue weighted by atomic mass is 10.1. The predicted octanol–water partition coefficient (Wildman–Crippen LogP) is 2.36. The number of benzene rings is 2. The first-order valence-electron chi connectivity index (χ1n) is 5.41.